The van der Waals surface area contributed by atoms with Crippen molar-refractivity contribution in [2.45, 2.75) is 45.7 Å². The highest BCUT2D eigenvalue weighted by atomic mass is 35.5. The second kappa shape index (κ2) is 4.76. The third kappa shape index (κ3) is 2.25. The number of aromatic nitrogens is 2. The molecule has 0 radical (unpaired) electrons. The number of nitrogens with zero attached hydrogens (tertiary/aromatic N) is 2. The molecule has 2 N–H and O–H groups in total. The largest absolute Gasteiger partial charge is 0.322 e. The van der Waals surface area contributed by atoms with Crippen LogP contribution in [0.25, 0.3) is 0 Å². The fourth-order valence-electron chi connectivity index (χ4n) is 2.26. The number of aryl methyl sites for hydroxylation is 1. The van der Waals surface area contributed by atoms with Gasteiger partial charge in [0.1, 0.15) is 0 Å². The van der Waals surface area contributed by atoms with Crippen LogP contribution >= 0.6 is 11.6 Å². The summed E-state index contributed by atoms with van der Waals surface area (Å²) in [7, 11) is 0. The van der Waals surface area contributed by atoms with Crippen LogP contribution in [0.1, 0.15) is 44.8 Å². The van der Waals surface area contributed by atoms with Gasteiger partial charge in [-0.2, -0.15) is 5.10 Å². The SMILES string of the molecule is CCCn1ncc(Cl)c1C(N)C(C)C1CC1. The molecule has 0 bridgehead atoms. The molecular weight excluding hydrogens is 222 g/mol. The standard InChI is InChI=1S/C12H20ClN3/c1-3-6-16-12(10(13)7-15-16)11(14)8(2)9-4-5-9/h7-9,11H,3-6,14H2,1-2H3. The molecule has 0 spiro atoms. The van der Waals surface area contributed by atoms with Crippen molar-refractivity contribution in [3.05, 3.63) is 16.9 Å². The molecule has 1 aliphatic carbocycles. The van der Waals surface area contributed by atoms with Gasteiger partial charge in [-0.05, 0) is 31.1 Å². The van der Waals surface area contributed by atoms with Crippen LogP contribution in [0.15, 0.2) is 6.20 Å². The van der Waals surface area contributed by atoms with Crippen LogP contribution in [0, 0.1) is 11.8 Å². The van der Waals surface area contributed by atoms with E-state index in [0.717, 1.165) is 24.6 Å². The van der Waals surface area contributed by atoms with Crippen molar-refractivity contribution in [3.8, 4) is 0 Å². The van der Waals surface area contributed by atoms with Crippen LogP contribution in [0.3, 0.4) is 0 Å². The minimum absolute atomic E-state index is 0.0223. The molecule has 1 aliphatic rings. The van der Waals surface area contributed by atoms with Crippen molar-refractivity contribution >= 4 is 11.6 Å². The molecule has 4 heteroatoms. The smallest absolute Gasteiger partial charge is 0.0834 e. The molecule has 90 valence electrons. The normalized spacial score (nSPS) is 19.8. The summed E-state index contributed by atoms with van der Waals surface area (Å²) in [6, 6.07) is 0.0223. The van der Waals surface area contributed by atoms with E-state index >= 15 is 0 Å². The van der Waals surface area contributed by atoms with Crippen LogP contribution in [0.5, 0.6) is 0 Å². The van der Waals surface area contributed by atoms with Crippen LogP contribution in [0.4, 0.5) is 0 Å². The summed E-state index contributed by atoms with van der Waals surface area (Å²) in [5.41, 5.74) is 7.33. The van der Waals surface area contributed by atoms with E-state index in [4.69, 9.17) is 17.3 Å². The summed E-state index contributed by atoms with van der Waals surface area (Å²) in [6.45, 7) is 5.25. The maximum absolute atomic E-state index is 6.31. The Morgan fingerprint density at radius 1 is 1.62 bits per heavy atom. The lowest BCUT2D eigenvalue weighted by molar-refractivity contribution is 0.390. The van der Waals surface area contributed by atoms with Gasteiger partial charge >= 0.3 is 0 Å². The van der Waals surface area contributed by atoms with Crippen LogP contribution in [-0.4, -0.2) is 9.78 Å². The zero-order valence-electron chi connectivity index (χ0n) is 9.99. The molecule has 2 rings (SSSR count). The van der Waals surface area contributed by atoms with Crippen molar-refractivity contribution < 1.29 is 0 Å². The van der Waals surface area contributed by atoms with Crippen molar-refractivity contribution in [1.29, 1.82) is 0 Å². The van der Waals surface area contributed by atoms with E-state index < -0.39 is 0 Å². The lowest BCUT2D eigenvalue weighted by Crippen LogP contribution is -2.24. The van der Waals surface area contributed by atoms with Crippen molar-refractivity contribution in [1.82, 2.24) is 9.78 Å². The summed E-state index contributed by atoms with van der Waals surface area (Å²) in [5, 5.41) is 5.01. The zero-order valence-corrected chi connectivity index (χ0v) is 10.7. The van der Waals surface area contributed by atoms with Gasteiger partial charge in [-0.25, -0.2) is 0 Å². The van der Waals surface area contributed by atoms with Crippen LogP contribution < -0.4 is 5.73 Å². The predicted octanol–water partition coefficient (Wildman–Crippen LogP) is 2.99. The Kier molecular flexibility index (Phi) is 3.55. The molecule has 0 aromatic carbocycles. The molecule has 0 aliphatic heterocycles. The Bertz CT molecular complexity index is 357. The molecule has 1 aromatic heterocycles. The van der Waals surface area contributed by atoms with Gasteiger partial charge in [0.25, 0.3) is 0 Å². The minimum atomic E-state index is 0.0223. The molecule has 2 unspecified atom stereocenters. The van der Waals surface area contributed by atoms with E-state index in [0.29, 0.717) is 10.9 Å². The van der Waals surface area contributed by atoms with E-state index in [-0.39, 0.29) is 6.04 Å². The highest BCUT2D eigenvalue weighted by Gasteiger charge is 2.34. The molecule has 1 aromatic rings. The van der Waals surface area contributed by atoms with Gasteiger partial charge in [-0.15, -0.1) is 0 Å². The fourth-order valence-corrected chi connectivity index (χ4v) is 2.52. The molecule has 1 saturated carbocycles. The highest BCUT2D eigenvalue weighted by Crippen LogP contribution is 2.42. The van der Waals surface area contributed by atoms with Crippen molar-refractivity contribution in [3.63, 3.8) is 0 Å². The second-order valence-corrected chi connectivity index (χ2v) is 5.23. The van der Waals surface area contributed by atoms with E-state index in [2.05, 4.69) is 18.9 Å². The summed E-state index contributed by atoms with van der Waals surface area (Å²) in [5.74, 6) is 1.29. The monoisotopic (exact) mass is 241 g/mol. The first kappa shape index (κ1) is 11.9. The third-order valence-corrected chi connectivity index (χ3v) is 3.81. The first-order valence-electron chi connectivity index (χ1n) is 6.12. The third-order valence-electron chi connectivity index (χ3n) is 3.52. The molecule has 0 saturated heterocycles. The van der Waals surface area contributed by atoms with Gasteiger partial charge in [0.2, 0.25) is 0 Å². The number of halogens is 1. The lowest BCUT2D eigenvalue weighted by atomic mass is 9.95. The Morgan fingerprint density at radius 2 is 2.31 bits per heavy atom. The quantitative estimate of drug-likeness (QED) is 0.861. The topological polar surface area (TPSA) is 43.8 Å². The number of hydrogen-bond donors (Lipinski definition) is 1. The van der Waals surface area contributed by atoms with Gasteiger partial charge in [-0.3, -0.25) is 4.68 Å². The lowest BCUT2D eigenvalue weighted by Gasteiger charge is -2.21. The molecule has 0 amide bonds. The zero-order chi connectivity index (χ0) is 11.7. The molecule has 1 heterocycles. The van der Waals surface area contributed by atoms with E-state index in [1.54, 1.807) is 6.20 Å². The van der Waals surface area contributed by atoms with Crippen molar-refractivity contribution in [2.24, 2.45) is 17.6 Å². The summed E-state index contributed by atoms with van der Waals surface area (Å²) >= 11 is 6.18. The average Bonchev–Trinajstić information content (AvgIpc) is 3.04. The van der Waals surface area contributed by atoms with E-state index in [1.807, 2.05) is 4.68 Å². The molecule has 2 atom stereocenters. The molecule has 16 heavy (non-hydrogen) atoms. The first-order valence-corrected chi connectivity index (χ1v) is 6.49. The second-order valence-electron chi connectivity index (χ2n) is 4.82. The Hall–Kier alpha value is -0.540. The average molecular weight is 242 g/mol. The van der Waals surface area contributed by atoms with Crippen LogP contribution in [-0.2, 0) is 6.54 Å². The van der Waals surface area contributed by atoms with Gasteiger partial charge in [0.05, 0.1) is 23.0 Å². The highest BCUT2D eigenvalue weighted by molar-refractivity contribution is 6.31. The first-order chi connectivity index (χ1) is 7.65. The molecule has 3 nitrogen and oxygen atoms in total. The minimum Gasteiger partial charge on any atom is -0.322 e. The molecular formula is C12H20ClN3. The number of rotatable bonds is 5. The maximum atomic E-state index is 6.31. The Labute approximate surface area is 102 Å². The fraction of sp³-hybridized carbons (Fsp3) is 0.750. The number of nitrogens with two attached hydrogens (primary N) is 1. The summed E-state index contributed by atoms with van der Waals surface area (Å²) < 4.78 is 1.96. The Morgan fingerprint density at radius 3 is 2.88 bits per heavy atom. The van der Waals surface area contributed by atoms with Gasteiger partial charge < -0.3 is 5.73 Å². The summed E-state index contributed by atoms with van der Waals surface area (Å²) in [6.07, 6.45) is 5.39. The maximum Gasteiger partial charge on any atom is 0.0834 e. The van der Waals surface area contributed by atoms with E-state index in [9.17, 15) is 0 Å². The van der Waals surface area contributed by atoms with Crippen molar-refractivity contribution in [2.75, 3.05) is 0 Å². The van der Waals surface area contributed by atoms with Crippen LogP contribution in [0.2, 0.25) is 5.02 Å². The van der Waals surface area contributed by atoms with Gasteiger partial charge in [-0.1, -0.05) is 25.4 Å². The predicted molar refractivity (Wildman–Crippen MR) is 66.3 cm³/mol. The van der Waals surface area contributed by atoms with E-state index in [1.165, 1.54) is 12.8 Å². The van der Waals surface area contributed by atoms with Gasteiger partial charge in [0, 0.05) is 6.54 Å². The van der Waals surface area contributed by atoms with Gasteiger partial charge in [0.15, 0.2) is 0 Å². The summed E-state index contributed by atoms with van der Waals surface area (Å²) in [4.78, 5) is 0. The Balaban J connectivity index is 2.19. The number of hydrogen-bond acceptors (Lipinski definition) is 2. The molecule has 1 fully saturated rings.